The van der Waals surface area contributed by atoms with Crippen LogP contribution in [0, 0.1) is 0 Å². The summed E-state index contributed by atoms with van der Waals surface area (Å²) in [6.07, 6.45) is -0.442. The van der Waals surface area contributed by atoms with Crippen molar-refractivity contribution >= 4 is 36.0 Å². The number of hydrogen-bond donors (Lipinski definition) is 3. The summed E-state index contributed by atoms with van der Waals surface area (Å²) < 4.78 is 16.2. The highest BCUT2D eigenvalue weighted by Crippen LogP contribution is 2.09. The number of nitrogens with one attached hydrogen (secondary N) is 3. The first-order valence-electron chi connectivity index (χ1n) is 10.7. The summed E-state index contributed by atoms with van der Waals surface area (Å²) in [5.74, 6) is 0.650. The van der Waals surface area contributed by atoms with Crippen LogP contribution in [-0.4, -0.2) is 56.6 Å². The first-order valence-corrected chi connectivity index (χ1v) is 10.7. The molecular formula is C23H41IN4O4. The predicted octanol–water partition coefficient (Wildman–Crippen LogP) is 3.83. The van der Waals surface area contributed by atoms with E-state index in [1.54, 1.807) is 7.05 Å². The van der Waals surface area contributed by atoms with E-state index in [1.807, 2.05) is 53.7 Å². The first-order chi connectivity index (χ1) is 14.5. The Morgan fingerprint density at radius 1 is 1.03 bits per heavy atom. The van der Waals surface area contributed by atoms with Crippen LogP contribution in [0.2, 0.25) is 0 Å². The largest absolute Gasteiger partial charge is 0.444 e. The number of ether oxygens (including phenoxy) is 3. The second kappa shape index (κ2) is 15.3. The molecule has 0 aliphatic carbocycles. The van der Waals surface area contributed by atoms with Crippen molar-refractivity contribution in [2.24, 2.45) is 4.99 Å². The van der Waals surface area contributed by atoms with Gasteiger partial charge in [-0.1, -0.05) is 24.3 Å². The van der Waals surface area contributed by atoms with Gasteiger partial charge in [0.05, 0.1) is 25.4 Å². The maximum atomic E-state index is 12.0. The molecule has 3 N–H and O–H groups in total. The van der Waals surface area contributed by atoms with Gasteiger partial charge in [-0.2, -0.15) is 0 Å². The van der Waals surface area contributed by atoms with Crippen molar-refractivity contribution in [2.75, 3.05) is 33.4 Å². The number of guanidine groups is 1. The fourth-order valence-electron chi connectivity index (χ4n) is 2.62. The van der Waals surface area contributed by atoms with Crippen LogP contribution in [0.3, 0.4) is 0 Å². The Morgan fingerprint density at radius 2 is 1.69 bits per heavy atom. The van der Waals surface area contributed by atoms with Gasteiger partial charge in [0, 0.05) is 26.7 Å². The molecule has 0 fully saturated rings. The van der Waals surface area contributed by atoms with Gasteiger partial charge in [0.25, 0.3) is 0 Å². The maximum Gasteiger partial charge on any atom is 0.408 e. The summed E-state index contributed by atoms with van der Waals surface area (Å²) in [4.78, 5) is 16.3. The van der Waals surface area contributed by atoms with Crippen molar-refractivity contribution in [1.82, 2.24) is 16.0 Å². The lowest BCUT2D eigenvalue weighted by molar-refractivity contribution is 0.0453. The van der Waals surface area contributed by atoms with Gasteiger partial charge in [0.1, 0.15) is 5.60 Å². The van der Waals surface area contributed by atoms with E-state index in [9.17, 15) is 4.79 Å². The number of carbonyl (C=O) groups is 1. The molecule has 1 amide bonds. The zero-order valence-electron chi connectivity index (χ0n) is 20.5. The monoisotopic (exact) mass is 564 g/mol. The average molecular weight is 565 g/mol. The molecule has 1 aromatic carbocycles. The zero-order valence-corrected chi connectivity index (χ0v) is 22.9. The summed E-state index contributed by atoms with van der Waals surface area (Å²) in [6, 6.07) is 8.22. The molecule has 1 aromatic rings. The fourth-order valence-corrected chi connectivity index (χ4v) is 2.62. The summed E-state index contributed by atoms with van der Waals surface area (Å²) in [7, 11) is 1.71. The van der Waals surface area contributed by atoms with Gasteiger partial charge in [-0.05, 0) is 52.7 Å². The average Bonchev–Trinajstić information content (AvgIpc) is 2.66. The van der Waals surface area contributed by atoms with Crippen LogP contribution >= 0.6 is 24.0 Å². The fraction of sp³-hybridized carbons (Fsp3) is 0.652. The number of halogens is 1. The van der Waals surface area contributed by atoms with E-state index in [4.69, 9.17) is 14.2 Å². The van der Waals surface area contributed by atoms with Crippen LogP contribution in [-0.2, 0) is 27.4 Å². The van der Waals surface area contributed by atoms with Crippen LogP contribution in [0.1, 0.15) is 52.7 Å². The number of amides is 1. The molecule has 0 aliphatic rings. The van der Waals surface area contributed by atoms with Crippen LogP contribution in [0.5, 0.6) is 0 Å². The van der Waals surface area contributed by atoms with E-state index in [2.05, 4.69) is 33.1 Å². The topological polar surface area (TPSA) is 93.2 Å². The summed E-state index contributed by atoms with van der Waals surface area (Å²) in [5.41, 5.74) is 1.19. The highest BCUT2D eigenvalue weighted by molar-refractivity contribution is 14.0. The number of hydrogen-bond acceptors (Lipinski definition) is 5. The van der Waals surface area contributed by atoms with E-state index in [1.165, 1.54) is 0 Å². The van der Waals surface area contributed by atoms with Gasteiger partial charge in [0.2, 0.25) is 0 Å². The minimum Gasteiger partial charge on any atom is -0.444 e. The zero-order chi connectivity index (χ0) is 23.3. The Balaban J connectivity index is 0.00000961. The smallest absolute Gasteiger partial charge is 0.408 e. The van der Waals surface area contributed by atoms with Crippen molar-refractivity contribution in [1.29, 1.82) is 0 Å². The van der Waals surface area contributed by atoms with Crippen molar-refractivity contribution in [3.8, 4) is 0 Å². The number of carbonyl (C=O) groups excluding carboxylic acids is 1. The van der Waals surface area contributed by atoms with Crippen molar-refractivity contribution in [2.45, 2.75) is 65.8 Å². The Hall–Kier alpha value is -1.59. The number of benzene rings is 1. The molecule has 184 valence electrons. The van der Waals surface area contributed by atoms with Crippen molar-refractivity contribution in [3.63, 3.8) is 0 Å². The summed E-state index contributed by atoms with van der Waals surface area (Å²) >= 11 is 0. The van der Waals surface area contributed by atoms with Crippen LogP contribution in [0.25, 0.3) is 0 Å². The molecule has 1 rings (SSSR count). The van der Waals surface area contributed by atoms with Gasteiger partial charge in [-0.25, -0.2) is 4.79 Å². The second-order valence-electron chi connectivity index (χ2n) is 8.86. The normalized spacial score (nSPS) is 12.0. The molecule has 0 saturated carbocycles. The molecule has 0 heterocycles. The van der Waals surface area contributed by atoms with E-state index in [0.29, 0.717) is 45.5 Å². The molecule has 0 radical (unpaired) electrons. The van der Waals surface area contributed by atoms with Gasteiger partial charge in [0.15, 0.2) is 5.96 Å². The number of rotatable bonds is 11. The maximum absolute atomic E-state index is 12.0. The lowest BCUT2D eigenvalue weighted by Crippen LogP contribution is -2.54. The molecule has 0 unspecified atom stereocenters. The van der Waals surface area contributed by atoms with Crippen molar-refractivity contribution in [3.05, 3.63) is 35.4 Å². The molecule has 0 atom stereocenters. The van der Waals surface area contributed by atoms with E-state index in [-0.39, 0.29) is 24.0 Å². The lowest BCUT2D eigenvalue weighted by atomic mass is 10.1. The molecule has 0 aromatic heterocycles. The third kappa shape index (κ3) is 14.5. The SMILES string of the molecule is CCOCCOCc1cccc(CNC(=NC)NCC(C)(C)NC(=O)OC(C)(C)C)c1.I. The molecule has 32 heavy (non-hydrogen) atoms. The van der Waals surface area contributed by atoms with Gasteiger partial charge < -0.3 is 30.2 Å². The number of alkyl carbamates (subject to hydrolysis) is 1. The van der Waals surface area contributed by atoms with Gasteiger partial charge in [-0.3, -0.25) is 4.99 Å². The Labute approximate surface area is 210 Å². The van der Waals surface area contributed by atoms with Crippen LogP contribution < -0.4 is 16.0 Å². The minimum absolute atomic E-state index is 0. The van der Waals surface area contributed by atoms with Gasteiger partial charge in [-0.15, -0.1) is 24.0 Å². The highest BCUT2D eigenvalue weighted by Gasteiger charge is 2.24. The van der Waals surface area contributed by atoms with Crippen molar-refractivity contribution < 1.29 is 19.0 Å². The molecular weight excluding hydrogens is 523 g/mol. The third-order valence-corrected chi connectivity index (χ3v) is 4.06. The molecule has 0 bridgehead atoms. The quantitative estimate of drug-likeness (QED) is 0.164. The van der Waals surface area contributed by atoms with E-state index >= 15 is 0 Å². The molecule has 0 spiro atoms. The minimum atomic E-state index is -0.534. The lowest BCUT2D eigenvalue weighted by Gasteiger charge is -2.29. The second-order valence-corrected chi connectivity index (χ2v) is 8.86. The first kappa shape index (κ1) is 30.4. The summed E-state index contributed by atoms with van der Waals surface area (Å²) in [5, 5.41) is 9.42. The highest BCUT2D eigenvalue weighted by atomic mass is 127. The standard InChI is InChI=1S/C23H40N4O4.HI/c1-8-29-12-13-30-16-19-11-9-10-18(14-19)15-25-20(24-7)26-17-23(5,6)27-21(28)31-22(2,3)4;/h9-11,14H,8,12-13,15-17H2,1-7H3,(H,27,28)(H2,24,25,26);1H. The third-order valence-electron chi connectivity index (χ3n) is 4.06. The molecule has 9 heteroatoms. The molecule has 8 nitrogen and oxygen atoms in total. The molecule has 0 aliphatic heterocycles. The number of nitrogens with zero attached hydrogens (tertiary/aromatic N) is 1. The molecule has 0 saturated heterocycles. The van der Waals surface area contributed by atoms with Gasteiger partial charge >= 0.3 is 6.09 Å². The number of aliphatic imine (C=N–C) groups is 1. The summed E-state index contributed by atoms with van der Waals surface area (Å²) in [6.45, 7) is 14.9. The Kier molecular flexibility index (Phi) is 14.5. The van der Waals surface area contributed by atoms with E-state index < -0.39 is 17.2 Å². The van der Waals surface area contributed by atoms with Crippen LogP contribution in [0.4, 0.5) is 4.79 Å². The van der Waals surface area contributed by atoms with Crippen LogP contribution in [0.15, 0.2) is 29.3 Å². The predicted molar refractivity (Wildman–Crippen MR) is 140 cm³/mol. The van der Waals surface area contributed by atoms with E-state index in [0.717, 1.165) is 11.1 Å². The Bertz CT molecular complexity index is 705. The Morgan fingerprint density at radius 3 is 2.31 bits per heavy atom.